The Morgan fingerprint density at radius 1 is 1.19 bits per heavy atom. The number of thiocarbonyl (C=S) groups is 1. The van der Waals surface area contributed by atoms with Gasteiger partial charge >= 0.3 is 0 Å². The van der Waals surface area contributed by atoms with Crippen LogP contribution in [0.15, 0.2) is 54.9 Å². The molecule has 0 saturated heterocycles. The van der Waals surface area contributed by atoms with Crippen LogP contribution in [0.1, 0.15) is 5.56 Å². The first-order chi connectivity index (χ1) is 10.2. The van der Waals surface area contributed by atoms with E-state index in [1.54, 1.807) is 12.4 Å². The molecule has 0 unspecified atom stereocenters. The van der Waals surface area contributed by atoms with Gasteiger partial charge in [-0.3, -0.25) is 4.98 Å². The molecule has 0 amide bonds. The maximum Gasteiger partial charge on any atom is 0.134 e. The number of benzene rings is 1. The monoisotopic (exact) mass is 294 g/mol. The van der Waals surface area contributed by atoms with Gasteiger partial charge in [0.05, 0.1) is 17.4 Å². The summed E-state index contributed by atoms with van der Waals surface area (Å²) in [7, 11) is 1.94. The fourth-order valence-electron chi connectivity index (χ4n) is 2.22. The third kappa shape index (κ3) is 2.55. The maximum absolute atomic E-state index is 5.86. The summed E-state index contributed by atoms with van der Waals surface area (Å²) in [6.45, 7) is 0. The van der Waals surface area contributed by atoms with Crippen molar-refractivity contribution in [2.45, 2.75) is 0 Å². The predicted octanol–water partition coefficient (Wildman–Crippen LogP) is 3.03. The summed E-state index contributed by atoms with van der Waals surface area (Å²) in [6.07, 6.45) is 3.53. The number of hydrogen-bond donors (Lipinski definition) is 1. The second-order valence-corrected chi connectivity index (χ2v) is 5.12. The normalized spacial score (nSPS) is 10.5. The minimum atomic E-state index is 0.370. The van der Waals surface area contributed by atoms with Crippen molar-refractivity contribution >= 4 is 39.6 Å². The van der Waals surface area contributed by atoms with Gasteiger partial charge in [0.15, 0.2) is 0 Å². The number of fused-ring (bicyclic) bond motifs is 1. The number of anilines is 2. The molecule has 3 aromatic rings. The first-order valence-corrected chi connectivity index (χ1v) is 6.91. The average molecular weight is 294 g/mol. The van der Waals surface area contributed by atoms with Crippen molar-refractivity contribution in [1.82, 2.24) is 9.97 Å². The van der Waals surface area contributed by atoms with Crippen molar-refractivity contribution in [3.8, 4) is 0 Å². The molecule has 0 aliphatic rings. The van der Waals surface area contributed by atoms with Crippen LogP contribution in [0.2, 0.25) is 0 Å². The van der Waals surface area contributed by atoms with Gasteiger partial charge in [-0.1, -0.05) is 30.4 Å². The number of para-hydroxylation sites is 1. The second kappa shape index (κ2) is 5.46. The number of rotatable bonds is 3. The fraction of sp³-hybridized carbons (Fsp3) is 0.0625. The third-order valence-electron chi connectivity index (χ3n) is 3.34. The summed E-state index contributed by atoms with van der Waals surface area (Å²) in [4.78, 5) is 11.1. The highest BCUT2D eigenvalue weighted by molar-refractivity contribution is 7.80. The molecular weight excluding hydrogens is 280 g/mol. The highest BCUT2D eigenvalue weighted by atomic mass is 32.1. The SMILES string of the molecule is CN(c1cccnc1)c1cc(C(N)=S)c2ccccc2n1. The lowest BCUT2D eigenvalue weighted by molar-refractivity contribution is 1.13. The second-order valence-electron chi connectivity index (χ2n) is 4.68. The van der Waals surface area contributed by atoms with Gasteiger partial charge in [0, 0.05) is 24.2 Å². The van der Waals surface area contributed by atoms with Gasteiger partial charge in [0.1, 0.15) is 10.8 Å². The van der Waals surface area contributed by atoms with Crippen LogP contribution >= 0.6 is 12.2 Å². The number of nitrogens with two attached hydrogens (primary N) is 1. The van der Waals surface area contributed by atoms with Gasteiger partial charge in [-0.2, -0.15) is 0 Å². The molecule has 0 aliphatic carbocycles. The van der Waals surface area contributed by atoms with Gasteiger partial charge in [-0.25, -0.2) is 4.98 Å². The Balaban J connectivity index is 2.18. The highest BCUT2D eigenvalue weighted by Gasteiger charge is 2.11. The van der Waals surface area contributed by atoms with E-state index in [-0.39, 0.29) is 0 Å². The van der Waals surface area contributed by atoms with Crippen molar-refractivity contribution in [1.29, 1.82) is 0 Å². The molecule has 2 aromatic heterocycles. The van der Waals surface area contributed by atoms with Crippen LogP contribution in [-0.4, -0.2) is 22.0 Å². The van der Waals surface area contributed by atoms with E-state index in [1.807, 2.05) is 54.4 Å². The molecule has 0 aliphatic heterocycles. The summed E-state index contributed by atoms with van der Waals surface area (Å²) < 4.78 is 0. The number of hydrogen-bond acceptors (Lipinski definition) is 4. The Morgan fingerprint density at radius 3 is 2.71 bits per heavy atom. The Hall–Kier alpha value is -2.53. The van der Waals surface area contributed by atoms with Crippen LogP contribution in [0.4, 0.5) is 11.5 Å². The number of nitrogens with zero attached hydrogens (tertiary/aromatic N) is 3. The van der Waals surface area contributed by atoms with Crippen LogP contribution in [0, 0.1) is 0 Å². The smallest absolute Gasteiger partial charge is 0.134 e. The average Bonchev–Trinajstić information content (AvgIpc) is 2.53. The minimum absolute atomic E-state index is 0.370. The zero-order chi connectivity index (χ0) is 14.8. The number of aromatic nitrogens is 2. The molecular formula is C16H14N4S. The molecule has 0 saturated carbocycles. The van der Waals surface area contributed by atoms with Crippen LogP contribution < -0.4 is 10.6 Å². The van der Waals surface area contributed by atoms with Gasteiger partial charge < -0.3 is 10.6 Å². The van der Waals surface area contributed by atoms with Crippen LogP contribution in [0.5, 0.6) is 0 Å². The summed E-state index contributed by atoms with van der Waals surface area (Å²) >= 11 is 5.17. The minimum Gasteiger partial charge on any atom is -0.389 e. The molecule has 2 N–H and O–H groups in total. The van der Waals surface area contributed by atoms with E-state index >= 15 is 0 Å². The van der Waals surface area contributed by atoms with E-state index in [0.29, 0.717) is 4.99 Å². The summed E-state index contributed by atoms with van der Waals surface area (Å²) in [5.74, 6) is 0.782. The van der Waals surface area contributed by atoms with Gasteiger partial charge in [-0.15, -0.1) is 0 Å². The third-order valence-corrected chi connectivity index (χ3v) is 3.56. The molecule has 2 heterocycles. The molecule has 0 spiro atoms. The molecule has 0 bridgehead atoms. The molecule has 21 heavy (non-hydrogen) atoms. The quantitative estimate of drug-likeness (QED) is 0.752. The molecule has 4 nitrogen and oxygen atoms in total. The van der Waals surface area contributed by atoms with Gasteiger partial charge in [0.2, 0.25) is 0 Å². The van der Waals surface area contributed by atoms with Crippen molar-refractivity contribution in [2.24, 2.45) is 5.73 Å². The highest BCUT2D eigenvalue weighted by Crippen LogP contribution is 2.26. The van der Waals surface area contributed by atoms with Crippen LogP contribution in [-0.2, 0) is 0 Å². The zero-order valence-corrected chi connectivity index (χ0v) is 12.3. The summed E-state index contributed by atoms with van der Waals surface area (Å²) in [5, 5.41) is 0.966. The Labute approximate surface area is 128 Å². The van der Waals surface area contributed by atoms with Crippen LogP contribution in [0.3, 0.4) is 0 Å². The topological polar surface area (TPSA) is 55.0 Å². The van der Waals surface area contributed by atoms with E-state index < -0.39 is 0 Å². The van der Waals surface area contributed by atoms with Crippen molar-refractivity contribution in [3.63, 3.8) is 0 Å². The predicted molar refractivity (Wildman–Crippen MR) is 89.9 cm³/mol. The number of pyridine rings is 2. The lowest BCUT2D eigenvalue weighted by Crippen LogP contribution is -2.15. The van der Waals surface area contributed by atoms with Crippen molar-refractivity contribution in [3.05, 3.63) is 60.4 Å². The molecule has 1 aromatic carbocycles. The van der Waals surface area contributed by atoms with Gasteiger partial charge in [0.25, 0.3) is 0 Å². The zero-order valence-electron chi connectivity index (χ0n) is 11.5. The Kier molecular flexibility index (Phi) is 3.50. The summed E-state index contributed by atoms with van der Waals surface area (Å²) in [5.41, 5.74) is 8.52. The summed E-state index contributed by atoms with van der Waals surface area (Å²) in [6, 6.07) is 13.6. The lowest BCUT2D eigenvalue weighted by atomic mass is 10.1. The standard InChI is InChI=1S/C16H14N4S/c1-20(11-5-4-8-18-10-11)15-9-13(16(17)21)12-6-2-3-7-14(12)19-15/h2-10H,1H3,(H2,17,21). The Bertz CT molecular complexity index is 802. The lowest BCUT2D eigenvalue weighted by Gasteiger charge is -2.19. The molecule has 5 heteroatoms. The Morgan fingerprint density at radius 2 is 2.00 bits per heavy atom. The van der Waals surface area contributed by atoms with Crippen molar-refractivity contribution < 1.29 is 0 Å². The van der Waals surface area contributed by atoms with Gasteiger partial charge in [-0.05, 0) is 24.3 Å². The van der Waals surface area contributed by atoms with E-state index in [0.717, 1.165) is 28.0 Å². The molecule has 104 valence electrons. The first-order valence-electron chi connectivity index (χ1n) is 6.50. The van der Waals surface area contributed by atoms with E-state index in [4.69, 9.17) is 18.0 Å². The van der Waals surface area contributed by atoms with E-state index in [1.165, 1.54) is 0 Å². The molecule has 3 rings (SSSR count). The molecule has 0 fully saturated rings. The van der Waals surface area contributed by atoms with Crippen molar-refractivity contribution in [2.75, 3.05) is 11.9 Å². The largest absolute Gasteiger partial charge is 0.389 e. The van der Waals surface area contributed by atoms with Crippen LogP contribution in [0.25, 0.3) is 10.9 Å². The molecule has 0 radical (unpaired) electrons. The maximum atomic E-state index is 5.86. The fourth-order valence-corrected chi connectivity index (χ4v) is 2.39. The van der Waals surface area contributed by atoms with E-state index in [2.05, 4.69) is 9.97 Å². The molecule has 0 atom stereocenters. The van der Waals surface area contributed by atoms with E-state index in [9.17, 15) is 0 Å². The first kappa shape index (κ1) is 13.5.